The molecule has 2 aromatic rings. The fourth-order valence-electron chi connectivity index (χ4n) is 1.52. The van der Waals surface area contributed by atoms with Crippen LogP contribution in [0.5, 0.6) is 5.88 Å². The van der Waals surface area contributed by atoms with Crippen LogP contribution in [0.1, 0.15) is 11.4 Å². The molecule has 0 unspecified atom stereocenters. The SMILES string of the molecule is O=c1[nH]c(/C=C\c2ccc(Cl)cc2Cl)nc(O)c1[N+](=O)[O-]. The number of nitrogens with zero attached hydrogens (tertiary/aromatic N) is 2. The highest BCUT2D eigenvalue weighted by molar-refractivity contribution is 6.35. The minimum atomic E-state index is -1.05. The summed E-state index contributed by atoms with van der Waals surface area (Å²) in [5, 5.41) is 20.8. The van der Waals surface area contributed by atoms with Gasteiger partial charge in [-0.15, -0.1) is 0 Å². The van der Waals surface area contributed by atoms with Crippen LogP contribution in [0, 0.1) is 10.1 Å². The lowest BCUT2D eigenvalue weighted by Crippen LogP contribution is -2.14. The Labute approximate surface area is 127 Å². The molecule has 1 heterocycles. The van der Waals surface area contributed by atoms with Crippen molar-refractivity contribution in [2.45, 2.75) is 0 Å². The maximum absolute atomic E-state index is 11.5. The number of aromatic amines is 1. The molecule has 0 radical (unpaired) electrons. The average Bonchev–Trinajstić information content (AvgIpc) is 2.36. The molecule has 1 aromatic carbocycles. The lowest BCUT2D eigenvalue weighted by molar-refractivity contribution is -0.387. The highest BCUT2D eigenvalue weighted by Crippen LogP contribution is 2.23. The Morgan fingerprint density at radius 1 is 1.33 bits per heavy atom. The number of aromatic nitrogens is 2. The van der Waals surface area contributed by atoms with Crippen molar-refractivity contribution in [3.8, 4) is 5.88 Å². The standard InChI is InChI=1S/C12H7Cl2N3O4/c13-7-3-1-6(8(14)5-7)2-4-9-15-11(18)10(17(20)21)12(19)16-9/h1-5H,(H2,15,16,18,19)/b4-2-. The topological polar surface area (TPSA) is 109 Å². The molecule has 9 heteroatoms. The molecule has 0 spiro atoms. The quantitative estimate of drug-likeness (QED) is 0.665. The maximum atomic E-state index is 11.5. The highest BCUT2D eigenvalue weighted by Gasteiger charge is 2.21. The van der Waals surface area contributed by atoms with Crippen LogP contribution >= 0.6 is 23.2 Å². The van der Waals surface area contributed by atoms with Crippen molar-refractivity contribution in [1.82, 2.24) is 9.97 Å². The lowest BCUT2D eigenvalue weighted by Gasteiger charge is -1.99. The fraction of sp³-hybridized carbons (Fsp3) is 0. The van der Waals surface area contributed by atoms with E-state index in [0.717, 1.165) is 0 Å². The molecule has 1 aromatic heterocycles. The first-order valence-corrected chi connectivity index (χ1v) is 6.25. The van der Waals surface area contributed by atoms with E-state index >= 15 is 0 Å². The van der Waals surface area contributed by atoms with Crippen molar-refractivity contribution < 1.29 is 10.0 Å². The molecule has 0 aliphatic carbocycles. The number of nitrogens with one attached hydrogen (secondary N) is 1. The molecule has 108 valence electrons. The summed E-state index contributed by atoms with van der Waals surface area (Å²) in [5.41, 5.74) is -1.45. The first-order chi connectivity index (χ1) is 9.88. The summed E-state index contributed by atoms with van der Waals surface area (Å²) < 4.78 is 0. The van der Waals surface area contributed by atoms with E-state index in [1.54, 1.807) is 12.1 Å². The molecule has 0 saturated carbocycles. The normalized spacial score (nSPS) is 11.0. The molecule has 0 aliphatic rings. The minimum Gasteiger partial charge on any atom is -0.488 e. The van der Waals surface area contributed by atoms with Gasteiger partial charge in [-0.1, -0.05) is 29.3 Å². The van der Waals surface area contributed by atoms with Gasteiger partial charge in [-0.2, -0.15) is 4.98 Å². The van der Waals surface area contributed by atoms with E-state index in [2.05, 4.69) is 9.97 Å². The first kappa shape index (κ1) is 15.0. The zero-order valence-electron chi connectivity index (χ0n) is 10.2. The van der Waals surface area contributed by atoms with Gasteiger partial charge in [0.2, 0.25) is 0 Å². The van der Waals surface area contributed by atoms with Gasteiger partial charge in [0.15, 0.2) is 0 Å². The largest absolute Gasteiger partial charge is 0.488 e. The number of hydrogen-bond acceptors (Lipinski definition) is 5. The van der Waals surface area contributed by atoms with Crippen LogP contribution < -0.4 is 5.56 Å². The van der Waals surface area contributed by atoms with Crippen molar-refractivity contribution in [2.75, 3.05) is 0 Å². The third-order valence-electron chi connectivity index (χ3n) is 2.46. The second-order valence-corrected chi connectivity index (χ2v) is 4.72. The average molecular weight is 328 g/mol. The van der Waals surface area contributed by atoms with Gasteiger partial charge in [-0.25, -0.2) is 0 Å². The Hall–Kier alpha value is -2.38. The van der Waals surface area contributed by atoms with E-state index in [1.807, 2.05) is 0 Å². The van der Waals surface area contributed by atoms with Crippen LogP contribution in [0.4, 0.5) is 5.69 Å². The van der Waals surface area contributed by atoms with Crippen molar-refractivity contribution in [2.24, 2.45) is 0 Å². The molecule has 7 nitrogen and oxygen atoms in total. The Balaban J connectivity index is 2.38. The highest BCUT2D eigenvalue weighted by atomic mass is 35.5. The number of halogens is 2. The number of H-pyrrole nitrogens is 1. The molecular formula is C12H7Cl2N3O4. The van der Waals surface area contributed by atoms with Gasteiger partial charge in [0.05, 0.1) is 4.92 Å². The van der Waals surface area contributed by atoms with Crippen molar-refractivity contribution in [1.29, 1.82) is 0 Å². The van der Waals surface area contributed by atoms with Crippen LogP contribution in [-0.4, -0.2) is 20.0 Å². The number of nitro groups is 1. The predicted octanol–water partition coefficient (Wildman–Crippen LogP) is 2.86. The number of aromatic hydroxyl groups is 1. The number of benzene rings is 1. The van der Waals surface area contributed by atoms with Crippen molar-refractivity contribution in [3.63, 3.8) is 0 Å². The summed E-state index contributed by atoms with van der Waals surface area (Å²) >= 11 is 11.7. The van der Waals surface area contributed by atoms with Crippen LogP contribution in [-0.2, 0) is 0 Å². The van der Waals surface area contributed by atoms with Crippen molar-refractivity contribution >= 4 is 41.0 Å². The third kappa shape index (κ3) is 3.39. The molecule has 2 rings (SSSR count). The molecule has 0 aliphatic heterocycles. The Morgan fingerprint density at radius 3 is 2.62 bits per heavy atom. The molecule has 21 heavy (non-hydrogen) atoms. The third-order valence-corrected chi connectivity index (χ3v) is 3.02. The summed E-state index contributed by atoms with van der Waals surface area (Å²) in [6.07, 6.45) is 2.86. The van der Waals surface area contributed by atoms with E-state index < -0.39 is 22.0 Å². The smallest absolute Gasteiger partial charge is 0.395 e. The summed E-state index contributed by atoms with van der Waals surface area (Å²) in [6, 6.07) is 4.80. The molecule has 0 amide bonds. The minimum absolute atomic E-state index is 0.0471. The van der Waals surface area contributed by atoms with Gasteiger partial charge in [0.1, 0.15) is 5.82 Å². The summed E-state index contributed by atoms with van der Waals surface area (Å²) in [4.78, 5) is 26.7. The van der Waals surface area contributed by atoms with Crippen LogP contribution in [0.3, 0.4) is 0 Å². The Morgan fingerprint density at radius 2 is 2.05 bits per heavy atom. The summed E-state index contributed by atoms with van der Waals surface area (Å²) in [5.74, 6) is -1.00. The second-order valence-electron chi connectivity index (χ2n) is 3.88. The maximum Gasteiger partial charge on any atom is 0.395 e. The first-order valence-electron chi connectivity index (χ1n) is 5.49. The molecule has 0 bridgehead atoms. The van der Waals surface area contributed by atoms with Gasteiger partial charge in [0.25, 0.3) is 5.88 Å². The monoisotopic (exact) mass is 327 g/mol. The summed E-state index contributed by atoms with van der Waals surface area (Å²) in [7, 11) is 0. The number of hydrogen-bond donors (Lipinski definition) is 2. The van der Waals surface area contributed by atoms with Gasteiger partial charge in [-0.3, -0.25) is 14.9 Å². The van der Waals surface area contributed by atoms with E-state index in [-0.39, 0.29) is 5.82 Å². The fourth-order valence-corrected chi connectivity index (χ4v) is 1.99. The van der Waals surface area contributed by atoms with E-state index in [9.17, 15) is 20.0 Å². The van der Waals surface area contributed by atoms with Crippen LogP contribution in [0.15, 0.2) is 23.0 Å². The van der Waals surface area contributed by atoms with Crippen LogP contribution in [0.25, 0.3) is 12.2 Å². The molecule has 0 atom stereocenters. The second kappa shape index (κ2) is 5.94. The zero-order valence-corrected chi connectivity index (χ0v) is 11.7. The van der Waals surface area contributed by atoms with Crippen LogP contribution in [0.2, 0.25) is 10.0 Å². The predicted molar refractivity (Wildman–Crippen MR) is 78.6 cm³/mol. The van der Waals surface area contributed by atoms with Crippen molar-refractivity contribution in [3.05, 3.63) is 60.1 Å². The van der Waals surface area contributed by atoms with Gasteiger partial charge in [-0.05, 0) is 29.8 Å². The van der Waals surface area contributed by atoms with E-state index in [4.69, 9.17) is 23.2 Å². The Bertz CT molecular complexity index is 802. The number of rotatable bonds is 3. The zero-order chi connectivity index (χ0) is 15.6. The Kier molecular flexibility index (Phi) is 4.25. The van der Waals surface area contributed by atoms with E-state index in [1.165, 1.54) is 18.2 Å². The molecule has 2 N–H and O–H groups in total. The van der Waals surface area contributed by atoms with Gasteiger partial charge in [0, 0.05) is 10.0 Å². The molecule has 0 saturated heterocycles. The van der Waals surface area contributed by atoms with Gasteiger partial charge >= 0.3 is 11.2 Å². The molecule has 0 fully saturated rings. The van der Waals surface area contributed by atoms with E-state index in [0.29, 0.717) is 15.6 Å². The molecular weight excluding hydrogens is 321 g/mol. The van der Waals surface area contributed by atoms with Gasteiger partial charge < -0.3 is 10.1 Å². The summed E-state index contributed by atoms with van der Waals surface area (Å²) in [6.45, 7) is 0. The lowest BCUT2D eigenvalue weighted by atomic mass is 10.2.